The van der Waals surface area contributed by atoms with Crippen LogP contribution in [0.25, 0.3) is 0 Å². The Kier molecular flexibility index (Phi) is 5.59. The van der Waals surface area contributed by atoms with Crippen molar-refractivity contribution in [2.75, 3.05) is 13.2 Å². The highest BCUT2D eigenvalue weighted by Crippen LogP contribution is 2.20. The maximum absolute atomic E-state index is 11.9. The van der Waals surface area contributed by atoms with Crippen molar-refractivity contribution in [3.63, 3.8) is 0 Å². The normalized spacial score (nSPS) is 10.3. The second kappa shape index (κ2) is 7.64. The van der Waals surface area contributed by atoms with Crippen molar-refractivity contribution in [3.05, 3.63) is 64.7 Å². The van der Waals surface area contributed by atoms with Crippen LogP contribution in [0.1, 0.15) is 22.3 Å². The highest BCUT2D eigenvalue weighted by Gasteiger charge is 2.04. The van der Waals surface area contributed by atoms with Gasteiger partial charge in [0, 0.05) is 0 Å². The van der Waals surface area contributed by atoms with Gasteiger partial charge < -0.3 is 10.1 Å². The lowest BCUT2D eigenvalue weighted by molar-refractivity contribution is -0.120. The van der Waals surface area contributed by atoms with Gasteiger partial charge in [-0.15, -0.1) is 0 Å². The van der Waals surface area contributed by atoms with Crippen LogP contribution in [0.4, 0.5) is 0 Å². The van der Waals surface area contributed by atoms with Crippen molar-refractivity contribution < 1.29 is 9.53 Å². The first-order valence-electron chi connectivity index (χ1n) is 7.57. The minimum Gasteiger partial charge on any atom is -0.491 e. The highest BCUT2D eigenvalue weighted by atomic mass is 16.5. The number of hydrogen-bond acceptors (Lipinski definition) is 2. The number of carbonyl (C=O) groups excluding carboxylic acids is 1. The molecule has 0 saturated carbocycles. The largest absolute Gasteiger partial charge is 0.491 e. The average molecular weight is 297 g/mol. The van der Waals surface area contributed by atoms with Crippen molar-refractivity contribution in [3.8, 4) is 5.75 Å². The zero-order valence-corrected chi connectivity index (χ0v) is 13.5. The molecule has 3 heteroatoms. The fourth-order valence-corrected chi connectivity index (χ4v) is 2.19. The molecule has 22 heavy (non-hydrogen) atoms. The standard InChI is InChI=1S/C19H23NO2/c1-14-7-9-17(10-8-14)13-19(21)20-11-12-22-18-6-4-5-15(2)16(18)3/h4-10H,11-13H2,1-3H3,(H,20,21). The third-order valence-electron chi connectivity index (χ3n) is 3.72. The van der Waals surface area contributed by atoms with E-state index in [-0.39, 0.29) is 5.91 Å². The number of ether oxygens (including phenoxy) is 1. The summed E-state index contributed by atoms with van der Waals surface area (Å²) in [6.07, 6.45) is 0.407. The predicted octanol–water partition coefficient (Wildman–Crippen LogP) is 3.35. The Bertz CT molecular complexity index is 632. The molecule has 1 N–H and O–H groups in total. The molecule has 0 aliphatic carbocycles. The molecule has 0 aromatic heterocycles. The number of amides is 1. The minimum absolute atomic E-state index is 0.0217. The molecule has 2 aromatic rings. The van der Waals surface area contributed by atoms with Gasteiger partial charge in [-0.2, -0.15) is 0 Å². The lowest BCUT2D eigenvalue weighted by Gasteiger charge is -2.11. The van der Waals surface area contributed by atoms with Gasteiger partial charge in [-0.25, -0.2) is 0 Å². The third kappa shape index (κ3) is 4.62. The maximum atomic E-state index is 11.9. The lowest BCUT2D eigenvalue weighted by atomic mass is 10.1. The zero-order chi connectivity index (χ0) is 15.9. The Balaban J connectivity index is 1.73. The highest BCUT2D eigenvalue weighted by molar-refractivity contribution is 5.78. The molecule has 3 nitrogen and oxygen atoms in total. The van der Waals surface area contributed by atoms with Crippen molar-refractivity contribution in [1.82, 2.24) is 5.32 Å². The molecular formula is C19H23NO2. The van der Waals surface area contributed by atoms with E-state index in [4.69, 9.17) is 4.74 Å². The number of benzene rings is 2. The van der Waals surface area contributed by atoms with Crippen LogP contribution in [-0.4, -0.2) is 19.1 Å². The number of hydrogen-bond donors (Lipinski definition) is 1. The van der Waals surface area contributed by atoms with Crippen LogP contribution in [-0.2, 0) is 11.2 Å². The van der Waals surface area contributed by atoms with Gasteiger partial charge in [0.25, 0.3) is 0 Å². The summed E-state index contributed by atoms with van der Waals surface area (Å²) in [4.78, 5) is 11.9. The van der Waals surface area contributed by atoms with E-state index in [9.17, 15) is 4.79 Å². The molecule has 0 aliphatic heterocycles. The van der Waals surface area contributed by atoms with E-state index in [0.717, 1.165) is 16.9 Å². The lowest BCUT2D eigenvalue weighted by Crippen LogP contribution is -2.29. The van der Waals surface area contributed by atoms with Crippen molar-refractivity contribution in [2.45, 2.75) is 27.2 Å². The molecule has 2 rings (SSSR count). The minimum atomic E-state index is 0.0217. The molecule has 1 amide bonds. The maximum Gasteiger partial charge on any atom is 0.224 e. The summed E-state index contributed by atoms with van der Waals surface area (Å²) in [6, 6.07) is 14.0. The summed E-state index contributed by atoms with van der Waals surface area (Å²) < 4.78 is 5.72. The molecule has 0 atom stereocenters. The molecule has 116 valence electrons. The molecule has 0 bridgehead atoms. The number of rotatable bonds is 6. The van der Waals surface area contributed by atoms with Crippen molar-refractivity contribution >= 4 is 5.91 Å². The second-order valence-corrected chi connectivity index (χ2v) is 5.56. The molecule has 0 saturated heterocycles. The Labute approximate surface area is 132 Å². The predicted molar refractivity (Wildman–Crippen MR) is 89.3 cm³/mol. The summed E-state index contributed by atoms with van der Waals surface area (Å²) in [6.45, 7) is 7.13. The average Bonchev–Trinajstić information content (AvgIpc) is 2.50. The van der Waals surface area contributed by atoms with E-state index >= 15 is 0 Å². The Hall–Kier alpha value is -2.29. The SMILES string of the molecule is Cc1ccc(CC(=O)NCCOc2cccc(C)c2C)cc1. The molecule has 0 aliphatic rings. The second-order valence-electron chi connectivity index (χ2n) is 5.56. The summed E-state index contributed by atoms with van der Waals surface area (Å²) in [7, 11) is 0. The van der Waals surface area contributed by atoms with Crippen LogP contribution in [0.5, 0.6) is 5.75 Å². The summed E-state index contributed by atoms with van der Waals surface area (Å²) in [5.74, 6) is 0.904. The fourth-order valence-electron chi connectivity index (χ4n) is 2.19. The van der Waals surface area contributed by atoms with Crippen LogP contribution in [0.2, 0.25) is 0 Å². The Morgan fingerprint density at radius 2 is 1.77 bits per heavy atom. The smallest absolute Gasteiger partial charge is 0.224 e. The third-order valence-corrected chi connectivity index (χ3v) is 3.72. The van der Waals surface area contributed by atoms with E-state index in [1.54, 1.807) is 0 Å². The van der Waals surface area contributed by atoms with Crippen LogP contribution in [0, 0.1) is 20.8 Å². The number of aryl methyl sites for hydroxylation is 2. The molecule has 0 fully saturated rings. The first-order chi connectivity index (χ1) is 10.6. The monoisotopic (exact) mass is 297 g/mol. The first kappa shape index (κ1) is 16.1. The Morgan fingerprint density at radius 1 is 1.05 bits per heavy atom. The van der Waals surface area contributed by atoms with E-state index in [1.807, 2.05) is 50.2 Å². The summed E-state index contributed by atoms with van der Waals surface area (Å²) >= 11 is 0. The van der Waals surface area contributed by atoms with Crippen LogP contribution in [0.15, 0.2) is 42.5 Å². The van der Waals surface area contributed by atoms with Gasteiger partial charge in [0.05, 0.1) is 13.0 Å². The van der Waals surface area contributed by atoms with Crippen LogP contribution in [0.3, 0.4) is 0 Å². The number of carbonyl (C=O) groups is 1. The van der Waals surface area contributed by atoms with E-state index < -0.39 is 0 Å². The zero-order valence-electron chi connectivity index (χ0n) is 13.5. The fraction of sp³-hybridized carbons (Fsp3) is 0.316. The van der Waals surface area contributed by atoms with Gasteiger partial charge in [0.15, 0.2) is 0 Å². The molecule has 0 heterocycles. The summed E-state index contributed by atoms with van der Waals surface area (Å²) in [5, 5.41) is 2.89. The van der Waals surface area contributed by atoms with Gasteiger partial charge in [-0.1, -0.05) is 42.0 Å². The van der Waals surface area contributed by atoms with Crippen molar-refractivity contribution in [1.29, 1.82) is 0 Å². The number of nitrogens with one attached hydrogen (secondary N) is 1. The molecule has 0 radical (unpaired) electrons. The van der Waals surface area contributed by atoms with Crippen LogP contribution < -0.4 is 10.1 Å². The van der Waals surface area contributed by atoms with E-state index in [1.165, 1.54) is 11.1 Å². The quantitative estimate of drug-likeness (QED) is 0.830. The van der Waals surface area contributed by atoms with Gasteiger partial charge in [0.2, 0.25) is 5.91 Å². The molecule has 0 spiro atoms. The first-order valence-corrected chi connectivity index (χ1v) is 7.57. The van der Waals surface area contributed by atoms with Gasteiger partial charge >= 0.3 is 0 Å². The summed E-state index contributed by atoms with van der Waals surface area (Å²) in [5.41, 5.74) is 4.58. The van der Waals surface area contributed by atoms with E-state index in [2.05, 4.69) is 18.3 Å². The van der Waals surface area contributed by atoms with Gasteiger partial charge in [-0.3, -0.25) is 4.79 Å². The van der Waals surface area contributed by atoms with Crippen LogP contribution >= 0.6 is 0 Å². The van der Waals surface area contributed by atoms with Crippen molar-refractivity contribution in [2.24, 2.45) is 0 Å². The van der Waals surface area contributed by atoms with Gasteiger partial charge in [-0.05, 0) is 43.5 Å². The van der Waals surface area contributed by atoms with E-state index in [0.29, 0.717) is 19.6 Å². The molecule has 2 aromatic carbocycles. The Morgan fingerprint density at radius 3 is 2.50 bits per heavy atom. The molecule has 0 unspecified atom stereocenters. The molecular weight excluding hydrogens is 274 g/mol. The van der Waals surface area contributed by atoms with Gasteiger partial charge in [0.1, 0.15) is 12.4 Å². The topological polar surface area (TPSA) is 38.3 Å².